The Morgan fingerprint density at radius 2 is 1.82 bits per heavy atom. The maximum absolute atomic E-state index is 3.57. The van der Waals surface area contributed by atoms with Crippen molar-refractivity contribution >= 4 is 0 Å². The second-order valence-electron chi connectivity index (χ2n) is 5.85. The first kappa shape index (κ1) is 15.0. The number of hydrogen-bond donors (Lipinski definition) is 1. The second-order valence-corrected chi connectivity index (χ2v) is 5.85. The predicted octanol–water partition coefficient (Wildman–Crippen LogP) is 3.28. The van der Waals surface area contributed by atoms with Crippen LogP contribution in [0.15, 0.2) is 0 Å². The van der Waals surface area contributed by atoms with Crippen molar-refractivity contribution in [3.05, 3.63) is 0 Å². The molecule has 0 aliphatic heterocycles. The number of likely N-dealkylation sites (N-methyl/N-ethyl adjacent to an activating group) is 1. The Labute approximate surface area is 108 Å². The van der Waals surface area contributed by atoms with Crippen LogP contribution in [0.3, 0.4) is 0 Å². The van der Waals surface area contributed by atoms with E-state index in [1.165, 1.54) is 38.5 Å². The van der Waals surface area contributed by atoms with E-state index in [2.05, 4.69) is 38.0 Å². The van der Waals surface area contributed by atoms with Gasteiger partial charge < -0.3 is 5.32 Å². The molecule has 0 aromatic carbocycles. The Hall–Kier alpha value is -0.0800. The summed E-state index contributed by atoms with van der Waals surface area (Å²) in [5, 5.41) is 3.57. The molecule has 1 aliphatic rings. The van der Waals surface area contributed by atoms with Crippen LogP contribution in [0.4, 0.5) is 0 Å². The normalized spacial score (nSPS) is 27.4. The van der Waals surface area contributed by atoms with Crippen LogP contribution in [-0.4, -0.2) is 37.1 Å². The molecule has 1 rings (SSSR count). The molecule has 1 atom stereocenters. The molecule has 2 heteroatoms. The number of nitrogens with zero attached hydrogens (tertiary/aromatic N) is 1. The van der Waals surface area contributed by atoms with Crippen molar-refractivity contribution in [1.82, 2.24) is 10.2 Å². The molecule has 0 aromatic rings. The minimum atomic E-state index is 0.722. The molecule has 102 valence electrons. The molecule has 0 radical (unpaired) electrons. The van der Waals surface area contributed by atoms with Crippen LogP contribution >= 0.6 is 0 Å². The van der Waals surface area contributed by atoms with Gasteiger partial charge in [0.25, 0.3) is 0 Å². The Balaban J connectivity index is 2.34. The lowest BCUT2D eigenvalue weighted by Crippen LogP contribution is -2.46. The van der Waals surface area contributed by atoms with Gasteiger partial charge in [-0.15, -0.1) is 0 Å². The van der Waals surface area contributed by atoms with Gasteiger partial charge in [-0.3, -0.25) is 4.90 Å². The molecule has 0 saturated heterocycles. The number of hydrogen-bond acceptors (Lipinski definition) is 2. The van der Waals surface area contributed by atoms with Gasteiger partial charge in [-0.2, -0.15) is 0 Å². The maximum Gasteiger partial charge on any atom is 0.0217 e. The van der Waals surface area contributed by atoms with Gasteiger partial charge in [0.1, 0.15) is 0 Å². The molecule has 0 aromatic heterocycles. The molecular weight excluding hydrogens is 208 g/mol. The second kappa shape index (κ2) is 8.10. The lowest BCUT2D eigenvalue weighted by Gasteiger charge is -2.38. The van der Waals surface area contributed by atoms with E-state index in [1.807, 2.05) is 0 Å². The molecule has 1 unspecified atom stereocenters. The summed E-state index contributed by atoms with van der Waals surface area (Å²) < 4.78 is 0. The number of rotatable bonds is 7. The summed E-state index contributed by atoms with van der Waals surface area (Å²) in [6, 6.07) is 1.56. The highest BCUT2D eigenvalue weighted by atomic mass is 15.2. The van der Waals surface area contributed by atoms with Crippen molar-refractivity contribution < 1.29 is 0 Å². The highest BCUT2D eigenvalue weighted by molar-refractivity contribution is 4.81. The fraction of sp³-hybridized carbons (Fsp3) is 1.00. The van der Waals surface area contributed by atoms with Crippen LogP contribution in [0.1, 0.15) is 59.3 Å². The fourth-order valence-corrected chi connectivity index (χ4v) is 2.97. The van der Waals surface area contributed by atoms with Crippen molar-refractivity contribution in [2.75, 3.05) is 20.1 Å². The molecule has 1 N–H and O–H groups in total. The van der Waals surface area contributed by atoms with Crippen LogP contribution in [0.5, 0.6) is 0 Å². The zero-order chi connectivity index (χ0) is 12.7. The molecular formula is C15H32N2. The quantitative estimate of drug-likeness (QED) is 0.687. The van der Waals surface area contributed by atoms with Crippen LogP contribution in [0, 0.1) is 5.92 Å². The van der Waals surface area contributed by atoms with E-state index < -0.39 is 0 Å². The predicted molar refractivity (Wildman–Crippen MR) is 76.4 cm³/mol. The van der Waals surface area contributed by atoms with Gasteiger partial charge in [-0.25, -0.2) is 0 Å². The SMILES string of the molecule is CCCNCC(CC)N(C)C1CCC(C)CC1. The summed E-state index contributed by atoms with van der Waals surface area (Å²) in [7, 11) is 2.34. The van der Waals surface area contributed by atoms with E-state index >= 15 is 0 Å². The van der Waals surface area contributed by atoms with Crippen molar-refractivity contribution in [2.45, 2.75) is 71.4 Å². The largest absolute Gasteiger partial charge is 0.315 e. The summed E-state index contributed by atoms with van der Waals surface area (Å²) in [6.07, 6.45) is 8.16. The molecule has 0 bridgehead atoms. The highest BCUT2D eigenvalue weighted by Gasteiger charge is 2.25. The molecule has 17 heavy (non-hydrogen) atoms. The Morgan fingerprint density at radius 1 is 1.18 bits per heavy atom. The monoisotopic (exact) mass is 240 g/mol. The molecule has 1 fully saturated rings. The standard InChI is InChI=1S/C15H32N2/c1-5-11-16-12-14(6-2)17(4)15-9-7-13(3)8-10-15/h13-16H,5-12H2,1-4H3. The van der Waals surface area contributed by atoms with E-state index in [0.29, 0.717) is 0 Å². The van der Waals surface area contributed by atoms with Gasteiger partial charge in [-0.05, 0) is 58.0 Å². The summed E-state index contributed by atoms with van der Waals surface area (Å²) in [5.74, 6) is 0.956. The third-order valence-electron chi connectivity index (χ3n) is 4.42. The summed E-state index contributed by atoms with van der Waals surface area (Å²) in [6.45, 7) is 9.27. The Morgan fingerprint density at radius 3 is 2.35 bits per heavy atom. The van der Waals surface area contributed by atoms with Gasteiger partial charge in [0, 0.05) is 18.6 Å². The fourth-order valence-electron chi connectivity index (χ4n) is 2.97. The average molecular weight is 240 g/mol. The first-order valence-electron chi connectivity index (χ1n) is 7.61. The highest BCUT2D eigenvalue weighted by Crippen LogP contribution is 2.27. The van der Waals surface area contributed by atoms with Gasteiger partial charge in [-0.1, -0.05) is 20.8 Å². The van der Waals surface area contributed by atoms with Crippen LogP contribution in [0.2, 0.25) is 0 Å². The summed E-state index contributed by atoms with van der Waals surface area (Å²) >= 11 is 0. The van der Waals surface area contributed by atoms with Gasteiger partial charge >= 0.3 is 0 Å². The topological polar surface area (TPSA) is 15.3 Å². The van der Waals surface area contributed by atoms with Crippen molar-refractivity contribution in [2.24, 2.45) is 5.92 Å². The zero-order valence-electron chi connectivity index (χ0n) is 12.3. The molecule has 2 nitrogen and oxygen atoms in total. The molecule has 0 heterocycles. The van der Waals surface area contributed by atoms with E-state index in [0.717, 1.165) is 31.1 Å². The van der Waals surface area contributed by atoms with Crippen molar-refractivity contribution in [3.63, 3.8) is 0 Å². The van der Waals surface area contributed by atoms with Gasteiger partial charge in [0.15, 0.2) is 0 Å². The van der Waals surface area contributed by atoms with Crippen LogP contribution in [0.25, 0.3) is 0 Å². The van der Waals surface area contributed by atoms with E-state index in [-0.39, 0.29) is 0 Å². The minimum absolute atomic E-state index is 0.722. The third kappa shape index (κ3) is 4.97. The van der Waals surface area contributed by atoms with Gasteiger partial charge in [0.2, 0.25) is 0 Å². The third-order valence-corrected chi connectivity index (χ3v) is 4.42. The lowest BCUT2D eigenvalue weighted by molar-refractivity contribution is 0.119. The Kier molecular flexibility index (Phi) is 7.14. The Bertz CT molecular complexity index is 185. The maximum atomic E-state index is 3.57. The van der Waals surface area contributed by atoms with E-state index in [9.17, 15) is 0 Å². The first-order valence-corrected chi connectivity index (χ1v) is 7.61. The van der Waals surface area contributed by atoms with Crippen molar-refractivity contribution in [3.8, 4) is 0 Å². The lowest BCUT2D eigenvalue weighted by atomic mass is 9.86. The van der Waals surface area contributed by atoms with Crippen molar-refractivity contribution in [1.29, 1.82) is 0 Å². The first-order chi connectivity index (χ1) is 8.19. The average Bonchev–Trinajstić information content (AvgIpc) is 2.35. The summed E-state index contributed by atoms with van der Waals surface area (Å²) in [4.78, 5) is 2.65. The smallest absolute Gasteiger partial charge is 0.0217 e. The summed E-state index contributed by atoms with van der Waals surface area (Å²) in [5.41, 5.74) is 0. The molecule has 0 amide bonds. The zero-order valence-corrected chi connectivity index (χ0v) is 12.3. The van der Waals surface area contributed by atoms with Gasteiger partial charge in [0.05, 0.1) is 0 Å². The molecule has 1 aliphatic carbocycles. The van der Waals surface area contributed by atoms with E-state index in [1.54, 1.807) is 0 Å². The van der Waals surface area contributed by atoms with Crippen LogP contribution < -0.4 is 5.32 Å². The van der Waals surface area contributed by atoms with E-state index in [4.69, 9.17) is 0 Å². The molecule has 1 saturated carbocycles. The minimum Gasteiger partial charge on any atom is -0.315 e. The molecule has 0 spiro atoms. The van der Waals surface area contributed by atoms with Crippen LogP contribution in [-0.2, 0) is 0 Å². The number of nitrogens with one attached hydrogen (secondary N) is 1.